The lowest BCUT2D eigenvalue weighted by Crippen LogP contribution is -2.46. The number of hydrogen-bond acceptors (Lipinski definition) is 12. The van der Waals surface area contributed by atoms with E-state index in [1.54, 1.807) is 12.3 Å². The van der Waals surface area contributed by atoms with Crippen LogP contribution >= 0.6 is 11.6 Å². The van der Waals surface area contributed by atoms with Gasteiger partial charge in [0.25, 0.3) is 0 Å². The monoisotopic (exact) mass is 1090 g/mol. The summed E-state index contributed by atoms with van der Waals surface area (Å²) in [5.41, 5.74) is 8.39. The van der Waals surface area contributed by atoms with Crippen LogP contribution in [-0.4, -0.2) is 99.9 Å². The van der Waals surface area contributed by atoms with Crippen LogP contribution in [0, 0.1) is 0 Å². The zero-order valence-corrected chi connectivity index (χ0v) is 51.3. The third-order valence-corrected chi connectivity index (χ3v) is 17.0. The Morgan fingerprint density at radius 1 is 0.564 bits per heavy atom. The summed E-state index contributed by atoms with van der Waals surface area (Å²) in [4.78, 5) is 46.0. The van der Waals surface area contributed by atoms with Gasteiger partial charge in [-0.3, -0.25) is 0 Å². The van der Waals surface area contributed by atoms with Crippen molar-refractivity contribution < 1.29 is 28.4 Å². The number of halogens is 1. The first kappa shape index (κ1) is 60.7. The second kappa shape index (κ2) is 22.9. The maximum Gasteiger partial charge on any atom is 0.494 e. The zero-order chi connectivity index (χ0) is 57.4. The molecular formula is C62H92BClN8O6. The molecule has 2 N–H and O–H groups in total. The minimum absolute atomic E-state index is 0.112. The molecule has 4 aromatic rings. The first-order valence-electron chi connectivity index (χ1n) is 28.5. The number of aromatic nitrogens is 4. The van der Waals surface area contributed by atoms with Crippen LogP contribution in [0.4, 0.5) is 21.5 Å². The molecule has 426 valence electrons. The fourth-order valence-electron chi connectivity index (χ4n) is 11.0. The zero-order valence-electron chi connectivity index (χ0n) is 50.5. The molecule has 3 aliphatic heterocycles. The predicted octanol–water partition coefficient (Wildman–Crippen LogP) is 12.9. The molecule has 0 spiro atoms. The van der Waals surface area contributed by atoms with Gasteiger partial charge >= 0.3 is 19.3 Å². The highest BCUT2D eigenvalue weighted by atomic mass is 35.5. The summed E-state index contributed by atoms with van der Waals surface area (Å²) in [5.74, 6) is 1.39. The first-order valence-corrected chi connectivity index (χ1v) is 28.9. The van der Waals surface area contributed by atoms with E-state index in [0.717, 1.165) is 74.5 Å². The average molecular weight is 1090 g/mol. The number of fused-ring (bicyclic) bond motifs is 2. The molecule has 5 aliphatic rings. The van der Waals surface area contributed by atoms with E-state index in [4.69, 9.17) is 35.4 Å². The van der Waals surface area contributed by atoms with Crippen molar-refractivity contribution in [2.24, 2.45) is 0 Å². The van der Waals surface area contributed by atoms with E-state index in [1.807, 2.05) is 53.8 Å². The number of alkyl carbamates (subject to hydrolysis) is 2. The molecule has 14 nitrogen and oxygen atoms in total. The average Bonchev–Trinajstić information content (AvgIpc) is 3.71. The van der Waals surface area contributed by atoms with Crippen LogP contribution < -0.4 is 25.9 Å². The smallest absolute Gasteiger partial charge is 0.444 e. The van der Waals surface area contributed by atoms with E-state index in [0.29, 0.717) is 11.1 Å². The van der Waals surface area contributed by atoms with Crippen LogP contribution in [-0.2, 0) is 40.4 Å². The molecule has 3 saturated heterocycles. The summed E-state index contributed by atoms with van der Waals surface area (Å²) in [6.07, 6.45) is 11.0. The number of amides is 2. The van der Waals surface area contributed by atoms with Crippen LogP contribution in [0.1, 0.15) is 198 Å². The maximum absolute atomic E-state index is 12.1. The van der Waals surface area contributed by atoms with E-state index in [-0.39, 0.29) is 64.3 Å². The second-order valence-electron chi connectivity index (χ2n) is 27.9. The summed E-state index contributed by atoms with van der Waals surface area (Å²) in [6.45, 7) is 41.6. The highest BCUT2D eigenvalue weighted by Gasteiger charge is 2.52. The van der Waals surface area contributed by atoms with Gasteiger partial charge in [-0.1, -0.05) is 97.3 Å². The number of ether oxygens (including phenoxy) is 2. The van der Waals surface area contributed by atoms with Crippen molar-refractivity contribution in [3.63, 3.8) is 0 Å². The second-order valence-corrected chi connectivity index (χ2v) is 28.3. The Morgan fingerprint density at radius 3 is 1.40 bits per heavy atom. The Labute approximate surface area is 472 Å². The summed E-state index contributed by atoms with van der Waals surface area (Å²) < 4.78 is 23.1. The Bertz CT molecular complexity index is 2740. The van der Waals surface area contributed by atoms with Gasteiger partial charge in [-0.05, 0) is 188 Å². The molecule has 78 heavy (non-hydrogen) atoms. The Kier molecular flexibility index (Phi) is 17.8. The molecule has 3 fully saturated rings. The highest BCUT2D eigenvalue weighted by molar-refractivity contribution is 6.62. The third-order valence-electron chi connectivity index (χ3n) is 16.8. The number of nitrogens with one attached hydrogen (secondary N) is 2. The lowest BCUT2D eigenvalue weighted by atomic mass is 9.61. The predicted molar refractivity (Wildman–Crippen MR) is 316 cm³/mol. The highest BCUT2D eigenvalue weighted by Crippen LogP contribution is 2.48. The topological polar surface area (TPSA) is 153 Å². The molecule has 0 bridgehead atoms. The molecule has 2 aromatic carbocycles. The number of anilines is 2. The first-order chi connectivity index (χ1) is 36.0. The van der Waals surface area contributed by atoms with E-state index in [9.17, 15) is 9.59 Å². The van der Waals surface area contributed by atoms with Crippen LogP contribution in [0.3, 0.4) is 0 Å². The van der Waals surface area contributed by atoms with Crippen molar-refractivity contribution in [2.45, 2.75) is 232 Å². The van der Waals surface area contributed by atoms with Gasteiger partial charge in [0.15, 0.2) is 0 Å². The number of hydrogen-bond donors (Lipinski definition) is 2. The number of piperidine rings is 2. The number of benzene rings is 2. The molecule has 2 amide bonds. The van der Waals surface area contributed by atoms with Crippen LogP contribution in [0.15, 0.2) is 60.9 Å². The van der Waals surface area contributed by atoms with Crippen molar-refractivity contribution in [1.82, 2.24) is 30.6 Å². The fourth-order valence-corrected chi connectivity index (χ4v) is 11.1. The van der Waals surface area contributed by atoms with Gasteiger partial charge in [0.1, 0.15) is 16.4 Å². The quantitative estimate of drug-likeness (QED) is 0.140. The summed E-state index contributed by atoms with van der Waals surface area (Å²) >= 11 is 5.87. The Morgan fingerprint density at radius 2 is 0.962 bits per heavy atom. The largest absolute Gasteiger partial charge is 0.494 e. The van der Waals surface area contributed by atoms with Crippen molar-refractivity contribution in [2.75, 3.05) is 36.0 Å². The number of rotatable bonds is 6. The minimum Gasteiger partial charge on any atom is -0.444 e. The van der Waals surface area contributed by atoms with Gasteiger partial charge in [-0.15, -0.1) is 0 Å². The third kappa shape index (κ3) is 15.1. The number of carbonyl (C=O) groups excluding carboxylic acids is 2. The molecule has 0 radical (unpaired) electrons. The van der Waals surface area contributed by atoms with Gasteiger partial charge in [-0.25, -0.2) is 29.5 Å². The molecule has 16 heteroatoms. The number of nitrogens with zero attached hydrogens (tertiary/aromatic N) is 6. The molecule has 2 aliphatic carbocycles. The van der Waals surface area contributed by atoms with Crippen molar-refractivity contribution in [3.8, 4) is 11.3 Å². The lowest BCUT2D eigenvalue weighted by molar-refractivity contribution is 0.00578. The van der Waals surface area contributed by atoms with Gasteiger partial charge in [0.2, 0.25) is 11.9 Å². The lowest BCUT2D eigenvalue weighted by Gasteiger charge is -2.42. The summed E-state index contributed by atoms with van der Waals surface area (Å²) in [6, 6.07) is 17.6. The number of carbonyl (C=O) groups is 2. The van der Waals surface area contributed by atoms with Crippen molar-refractivity contribution in [1.29, 1.82) is 0 Å². The van der Waals surface area contributed by atoms with Gasteiger partial charge in [0.05, 0.1) is 16.9 Å². The van der Waals surface area contributed by atoms with Crippen molar-refractivity contribution >= 4 is 48.3 Å². The standard InChI is InChI=1S/C28H40N4O2.C20H31BO2.C14H21ClN4O2/c1-26(2,3)34-25(33)30-20-11-16-32(17-12-20)24-29-15-10-23(31-24)19-8-9-21-22(18-19)28(6,7)14-13-27(21,4)5;1-17(2)11-12-18(3,4)16-13-14(9-10-15(16)17)21-22-19(5,6)20(7,8)23-21;1-14(2,3)21-13(20)17-10-5-8-19(9-6-10)12-16-7-4-11(15)18-12/h8-10,15,18,20H,11-14,16-17H2,1-7H3,(H,30,33);9-10,13H,11-12H2,1-8H3;4,7,10H,5-6,8-9H2,1-3H3,(H,17,20). The maximum atomic E-state index is 12.1. The molecule has 9 rings (SSSR count). The molecule has 0 saturated carbocycles. The van der Waals surface area contributed by atoms with Crippen LogP contribution in [0.5, 0.6) is 0 Å². The van der Waals surface area contributed by atoms with Gasteiger partial charge < -0.3 is 39.2 Å². The van der Waals surface area contributed by atoms with E-state index >= 15 is 0 Å². The summed E-state index contributed by atoms with van der Waals surface area (Å²) in [5, 5.41) is 6.34. The van der Waals surface area contributed by atoms with E-state index < -0.39 is 11.2 Å². The van der Waals surface area contributed by atoms with Crippen LogP contribution in [0.25, 0.3) is 11.3 Å². The van der Waals surface area contributed by atoms with E-state index in [1.165, 1.54) is 47.9 Å². The van der Waals surface area contributed by atoms with Gasteiger partial charge in [0, 0.05) is 56.2 Å². The van der Waals surface area contributed by atoms with E-state index in [2.05, 4.69) is 155 Å². The summed E-state index contributed by atoms with van der Waals surface area (Å²) in [7, 11) is -0.272. The Hall–Kier alpha value is -4.99. The normalized spacial score (nSPS) is 21.1. The van der Waals surface area contributed by atoms with Crippen LogP contribution in [0.2, 0.25) is 5.15 Å². The minimum atomic E-state index is -0.485. The van der Waals surface area contributed by atoms with Gasteiger partial charge in [-0.2, -0.15) is 0 Å². The molecule has 0 atom stereocenters. The molecule has 2 aromatic heterocycles. The molecule has 0 unspecified atom stereocenters. The Balaban J connectivity index is 0.000000177. The SMILES string of the molecule is CC(C)(C)OC(=O)NC1CCN(c2nccc(-c3ccc4c(c3)C(C)(C)CCC4(C)C)n2)CC1.CC(C)(C)OC(=O)NC1CCN(c2nccc(Cl)n2)CC1.CC1(C)CCC(C)(C)c2cc(B3OC(C)(C)C(C)(C)O3)ccc21. The van der Waals surface area contributed by atoms with Crippen molar-refractivity contribution in [3.05, 3.63) is 88.3 Å². The fraction of sp³-hybridized carbons (Fsp3) is 0.645. The molecular weight excluding hydrogens is 999 g/mol. The molecule has 5 heterocycles.